The molecule has 0 N–H and O–H groups in total. The summed E-state index contributed by atoms with van der Waals surface area (Å²) in [5, 5.41) is 0. The van der Waals surface area contributed by atoms with Crippen LogP contribution in [0, 0.1) is 0 Å². The van der Waals surface area contributed by atoms with Gasteiger partial charge in [-0.15, -0.1) is 0 Å². The predicted octanol–water partition coefficient (Wildman–Crippen LogP) is 0.572. The van der Waals surface area contributed by atoms with E-state index in [1.54, 1.807) is 0 Å². The van der Waals surface area contributed by atoms with Crippen LogP contribution in [0.15, 0.2) is 18.7 Å². The Morgan fingerprint density at radius 1 is 1.33 bits per heavy atom. The number of ether oxygens (including phenoxy) is 1. The Labute approximate surface area is 73.4 Å². The molecule has 1 aliphatic rings. The first-order valence-electron chi connectivity index (χ1n) is 4.02. The van der Waals surface area contributed by atoms with E-state index in [2.05, 4.69) is 14.0 Å². The maximum atomic E-state index is 5.26. The number of morpholine rings is 1. The molecule has 1 aromatic heterocycles. The Bertz CT molecular complexity index is 221. The van der Waals surface area contributed by atoms with E-state index in [0.29, 0.717) is 8.88 Å². The van der Waals surface area contributed by atoms with E-state index in [4.69, 9.17) is 4.74 Å². The standard InChI is InChI=1S/C7H12N3OP/c1-2-10(7-8-1)12-9-3-5-11-6-4-9/h1-2,7,12H,3-6H2. The van der Waals surface area contributed by atoms with Gasteiger partial charge in [0.1, 0.15) is 0 Å². The van der Waals surface area contributed by atoms with Gasteiger partial charge in [0.15, 0.2) is 0 Å². The highest BCUT2D eigenvalue weighted by Crippen LogP contribution is 2.20. The second-order valence-electron chi connectivity index (χ2n) is 2.67. The summed E-state index contributed by atoms with van der Waals surface area (Å²) in [5.74, 6) is 0. The molecule has 0 saturated carbocycles. The smallest absolute Gasteiger partial charge is 0.0987 e. The lowest BCUT2D eigenvalue weighted by molar-refractivity contribution is 0.0756. The minimum atomic E-state index is 0.686. The van der Waals surface area contributed by atoms with Gasteiger partial charge in [0.2, 0.25) is 0 Å². The Kier molecular flexibility index (Phi) is 2.71. The van der Waals surface area contributed by atoms with Gasteiger partial charge in [-0.3, -0.25) is 4.67 Å². The zero-order valence-corrected chi connectivity index (χ0v) is 7.81. The fourth-order valence-electron chi connectivity index (χ4n) is 1.14. The van der Waals surface area contributed by atoms with Crippen molar-refractivity contribution < 1.29 is 4.74 Å². The van der Waals surface area contributed by atoms with Gasteiger partial charge in [0.05, 0.1) is 28.4 Å². The molecule has 2 heterocycles. The second kappa shape index (κ2) is 3.99. The molecule has 0 radical (unpaired) electrons. The summed E-state index contributed by atoms with van der Waals surface area (Å²) in [6, 6.07) is 0. The molecule has 66 valence electrons. The summed E-state index contributed by atoms with van der Waals surface area (Å²) < 4.78 is 9.74. The molecule has 12 heavy (non-hydrogen) atoms. The van der Waals surface area contributed by atoms with Crippen molar-refractivity contribution in [2.24, 2.45) is 0 Å². The first-order valence-corrected chi connectivity index (χ1v) is 4.92. The van der Waals surface area contributed by atoms with E-state index < -0.39 is 0 Å². The SMILES string of the molecule is c1cn(PN2CCOCC2)cn1. The molecule has 1 aromatic rings. The van der Waals surface area contributed by atoms with Crippen molar-refractivity contribution in [3.05, 3.63) is 18.7 Å². The van der Waals surface area contributed by atoms with Gasteiger partial charge in [0.25, 0.3) is 0 Å². The van der Waals surface area contributed by atoms with Crippen molar-refractivity contribution in [2.45, 2.75) is 0 Å². The van der Waals surface area contributed by atoms with Crippen LogP contribution in [0.25, 0.3) is 0 Å². The quantitative estimate of drug-likeness (QED) is 0.631. The molecule has 1 atom stereocenters. The largest absolute Gasteiger partial charge is 0.379 e. The summed E-state index contributed by atoms with van der Waals surface area (Å²) in [4.78, 5) is 4.00. The highest BCUT2D eigenvalue weighted by molar-refractivity contribution is 7.33. The number of hydrogen-bond donors (Lipinski definition) is 0. The molecule has 1 aliphatic heterocycles. The minimum absolute atomic E-state index is 0.686. The summed E-state index contributed by atoms with van der Waals surface area (Å²) in [6.45, 7) is 3.80. The number of imidazole rings is 1. The van der Waals surface area contributed by atoms with Crippen LogP contribution in [0.3, 0.4) is 0 Å². The number of hydrogen-bond acceptors (Lipinski definition) is 3. The first kappa shape index (κ1) is 8.17. The van der Waals surface area contributed by atoms with Crippen molar-refractivity contribution in [1.29, 1.82) is 0 Å². The van der Waals surface area contributed by atoms with Crippen molar-refractivity contribution in [3.8, 4) is 0 Å². The summed E-state index contributed by atoms with van der Waals surface area (Å²) in [5.41, 5.74) is 0. The van der Waals surface area contributed by atoms with E-state index in [9.17, 15) is 0 Å². The Morgan fingerprint density at radius 2 is 2.17 bits per heavy atom. The van der Waals surface area contributed by atoms with Crippen LogP contribution < -0.4 is 0 Å². The molecule has 1 saturated heterocycles. The van der Waals surface area contributed by atoms with E-state index in [1.165, 1.54) is 0 Å². The lowest BCUT2D eigenvalue weighted by atomic mass is 10.5. The molecule has 1 fully saturated rings. The molecule has 0 amide bonds. The first-order chi connectivity index (χ1) is 5.95. The Hall–Kier alpha value is -0.440. The molecule has 4 nitrogen and oxygen atoms in total. The third-order valence-electron chi connectivity index (χ3n) is 1.77. The lowest BCUT2D eigenvalue weighted by Gasteiger charge is -2.25. The van der Waals surface area contributed by atoms with Crippen LogP contribution in [-0.4, -0.2) is 40.3 Å². The predicted molar refractivity (Wildman–Crippen MR) is 48.3 cm³/mol. The van der Waals surface area contributed by atoms with Crippen LogP contribution in [-0.2, 0) is 4.74 Å². The van der Waals surface area contributed by atoms with Gasteiger partial charge >= 0.3 is 0 Å². The summed E-state index contributed by atoms with van der Waals surface area (Å²) >= 11 is 0. The molecule has 0 spiro atoms. The van der Waals surface area contributed by atoms with E-state index in [1.807, 2.05) is 18.7 Å². The molecule has 5 heteroatoms. The maximum absolute atomic E-state index is 5.26. The van der Waals surface area contributed by atoms with Crippen LogP contribution in [0.1, 0.15) is 0 Å². The fraction of sp³-hybridized carbons (Fsp3) is 0.571. The van der Waals surface area contributed by atoms with E-state index in [0.717, 1.165) is 26.3 Å². The lowest BCUT2D eigenvalue weighted by Crippen LogP contribution is -2.30. The van der Waals surface area contributed by atoms with E-state index in [-0.39, 0.29) is 0 Å². The molecule has 2 rings (SSSR count). The molecular weight excluding hydrogens is 173 g/mol. The normalized spacial score (nSPS) is 20.7. The summed E-state index contributed by atoms with van der Waals surface area (Å²) in [6.07, 6.45) is 5.66. The molecule has 0 bridgehead atoms. The van der Waals surface area contributed by atoms with Gasteiger partial charge in [-0.2, -0.15) is 0 Å². The molecule has 1 unspecified atom stereocenters. The fourth-order valence-corrected chi connectivity index (χ4v) is 2.11. The third-order valence-corrected chi connectivity index (χ3v) is 3.00. The molecule has 0 aromatic carbocycles. The van der Waals surface area contributed by atoms with Crippen molar-refractivity contribution in [3.63, 3.8) is 0 Å². The topological polar surface area (TPSA) is 30.3 Å². The van der Waals surface area contributed by atoms with E-state index >= 15 is 0 Å². The van der Waals surface area contributed by atoms with Crippen LogP contribution in [0.4, 0.5) is 0 Å². The van der Waals surface area contributed by atoms with Crippen molar-refractivity contribution >= 4 is 8.88 Å². The zero-order valence-electron chi connectivity index (χ0n) is 6.81. The van der Waals surface area contributed by atoms with Gasteiger partial charge in [-0.25, -0.2) is 4.98 Å². The minimum Gasteiger partial charge on any atom is -0.379 e. The van der Waals surface area contributed by atoms with Crippen LogP contribution in [0.2, 0.25) is 0 Å². The number of aromatic nitrogens is 2. The van der Waals surface area contributed by atoms with Gasteiger partial charge in [-0.05, 0) is 0 Å². The average molecular weight is 185 g/mol. The van der Waals surface area contributed by atoms with Crippen molar-refractivity contribution in [2.75, 3.05) is 26.3 Å². The zero-order chi connectivity index (χ0) is 8.23. The average Bonchev–Trinajstić information content (AvgIpc) is 2.59. The second-order valence-corrected chi connectivity index (χ2v) is 4.02. The maximum Gasteiger partial charge on any atom is 0.0987 e. The number of nitrogens with zero attached hydrogens (tertiary/aromatic N) is 3. The van der Waals surface area contributed by atoms with Crippen molar-refractivity contribution in [1.82, 2.24) is 14.0 Å². The van der Waals surface area contributed by atoms with Crippen LogP contribution >= 0.6 is 8.88 Å². The molecular formula is C7H12N3OP. The molecule has 0 aliphatic carbocycles. The summed E-state index contributed by atoms with van der Waals surface area (Å²) in [7, 11) is 0.686. The monoisotopic (exact) mass is 185 g/mol. The van der Waals surface area contributed by atoms with Crippen LogP contribution in [0.5, 0.6) is 0 Å². The highest BCUT2D eigenvalue weighted by Gasteiger charge is 2.09. The third kappa shape index (κ3) is 2.03. The Balaban J connectivity index is 1.86. The highest BCUT2D eigenvalue weighted by atomic mass is 31.1. The van der Waals surface area contributed by atoms with Gasteiger partial charge in [0, 0.05) is 25.5 Å². The van der Waals surface area contributed by atoms with Gasteiger partial charge < -0.3 is 9.07 Å². The number of rotatable bonds is 2. The van der Waals surface area contributed by atoms with Gasteiger partial charge in [-0.1, -0.05) is 0 Å². The Morgan fingerprint density at radius 3 is 2.83 bits per heavy atom.